The van der Waals surface area contributed by atoms with Crippen LogP contribution < -0.4 is 4.90 Å². The Kier molecular flexibility index (Phi) is 8.04. The third-order valence-electron chi connectivity index (χ3n) is 11.2. The summed E-state index contributed by atoms with van der Waals surface area (Å²) in [5, 5.41) is 5.15. The molecule has 0 fully saturated rings. The smallest absolute Gasteiger partial charge is 0.0541 e. The van der Waals surface area contributed by atoms with Gasteiger partial charge in [0, 0.05) is 53.7 Å². The van der Waals surface area contributed by atoms with Crippen LogP contribution in [-0.4, -0.2) is 4.57 Å². The van der Waals surface area contributed by atoms with E-state index in [1.165, 1.54) is 81.0 Å². The van der Waals surface area contributed by atoms with Crippen LogP contribution in [0, 0.1) is 0 Å². The molecule has 2 nitrogen and oxygen atoms in total. The van der Waals surface area contributed by atoms with Crippen molar-refractivity contribution < 1.29 is 0 Å². The number of aromatic nitrogens is 1. The van der Waals surface area contributed by atoms with Crippen molar-refractivity contribution in [1.29, 1.82) is 0 Å². The van der Waals surface area contributed by atoms with Crippen LogP contribution in [0.25, 0.3) is 81.0 Å². The highest BCUT2D eigenvalue weighted by molar-refractivity contribution is 7.26. The summed E-state index contributed by atoms with van der Waals surface area (Å²) in [7, 11) is 0. The van der Waals surface area contributed by atoms with Crippen LogP contribution in [0.2, 0.25) is 0 Å². The fourth-order valence-corrected chi connectivity index (χ4v) is 9.69. The minimum atomic E-state index is 1.10. The predicted octanol–water partition coefficient (Wildman–Crippen LogP) is 15.6. The molecule has 11 rings (SSSR count). The molecule has 0 aliphatic carbocycles. The van der Waals surface area contributed by atoms with E-state index in [4.69, 9.17) is 0 Å². The summed E-state index contributed by atoms with van der Waals surface area (Å²) in [5.74, 6) is 0. The molecule has 268 valence electrons. The normalized spacial score (nSPS) is 11.5. The molecule has 0 aliphatic rings. The molecule has 0 spiro atoms. The van der Waals surface area contributed by atoms with E-state index in [1.807, 2.05) is 11.3 Å². The SMILES string of the molecule is c1ccc(-c2ccc(N(c3ccc(-c4ccc5c(c4)c4ccccc4n5-c4ccccc4)cc3)c3ccc(-c4cccc5c4sc4ccccc45)cc3)cc2)cc1. The highest BCUT2D eigenvalue weighted by Gasteiger charge is 2.17. The fraction of sp³-hybridized carbons (Fsp3) is 0. The molecule has 0 saturated carbocycles. The van der Waals surface area contributed by atoms with Crippen molar-refractivity contribution in [3.05, 3.63) is 218 Å². The number of anilines is 3. The molecule has 3 heteroatoms. The van der Waals surface area contributed by atoms with Gasteiger partial charge in [0.25, 0.3) is 0 Å². The first kappa shape index (κ1) is 33.2. The summed E-state index contributed by atoms with van der Waals surface area (Å²) in [6.45, 7) is 0. The molecule has 2 aromatic heterocycles. The number of rotatable bonds is 7. The standard InChI is InChI=1S/C54H36N2S/c1-3-12-37(13-4-1)38-22-29-43(30-23-38)55(45-33-26-40(27-34-45)46-18-11-19-49-48-17-8-10-21-53(48)57-54(46)49)44-31-24-39(25-32-44)41-28-35-52-50(36-41)47-16-7-9-20-51(47)56(52)42-14-5-2-6-15-42/h1-36H. The Bertz CT molecular complexity index is 3200. The third kappa shape index (κ3) is 5.80. The lowest BCUT2D eigenvalue weighted by Crippen LogP contribution is -2.09. The number of fused-ring (bicyclic) bond motifs is 6. The Hall–Kier alpha value is -7.20. The van der Waals surface area contributed by atoms with Crippen LogP contribution in [0.4, 0.5) is 17.1 Å². The van der Waals surface area contributed by atoms with Crippen LogP contribution in [0.3, 0.4) is 0 Å². The van der Waals surface area contributed by atoms with Crippen molar-refractivity contribution in [2.45, 2.75) is 0 Å². The Morgan fingerprint density at radius 3 is 1.54 bits per heavy atom. The van der Waals surface area contributed by atoms with E-state index in [-0.39, 0.29) is 0 Å². The lowest BCUT2D eigenvalue weighted by Gasteiger charge is -2.26. The number of nitrogens with zero attached hydrogens (tertiary/aromatic N) is 2. The van der Waals surface area contributed by atoms with Gasteiger partial charge in [-0.05, 0) is 106 Å². The second-order valence-corrected chi connectivity index (χ2v) is 15.6. The van der Waals surface area contributed by atoms with Gasteiger partial charge in [0.2, 0.25) is 0 Å². The van der Waals surface area contributed by atoms with Crippen LogP contribution in [0.5, 0.6) is 0 Å². The molecular formula is C54H36N2S. The molecular weight excluding hydrogens is 709 g/mol. The summed E-state index contributed by atoms with van der Waals surface area (Å²) < 4.78 is 5.02. The lowest BCUT2D eigenvalue weighted by molar-refractivity contribution is 1.18. The molecule has 9 aromatic carbocycles. The van der Waals surface area contributed by atoms with Gasteiger partial charge >= 0.3 is 0 Å². The van der Waals surface area contributed by atoms with Crippen molar-refractivity contribution in [2.75, 3.05) is 4.90 Å². The topological polar surface area (TPSA) is 8.17 Å². The summed E-state index contributed by atoms with van der Waals surface area (Å²) in [6, 6.07) is 79.2. The van der Waals surface area contributed by atoms with E-state index >= 15 is 0 Å². The quantitative estimate of drug-likeness (QED) is 0.158. The van der Waals surface area contributed by atoms with Crippen molar-refractivity contribution in [2.24, 2.45) is 0 Å². The average molecular weight is 745 g/mol. The van der Waals surface area contributed by atoms with Gasteiger partial charge in [0.05, 0.1) is 11.0 Å². The number of thiophene rings is 1. The van der Waals surface area contributed by atoms with Gasteiger partial charge in [0.1, 0.15) is 0 Å². The lowest BCUT2D eigenvalue weighted by atomic mass is 10.0. The van der Waals surface area contributed by atoms with Crippen molar-refractivity contribution >= 4 is 70.4 Å². The number of para-hydroxylation sites is 2. The largest absolute Gasteiger partial charge is 0.311 e. The van der Waals surface area contributed by atoms with Gasteiger partial charge in [-0.15, -0.1) is 11.3 Å². The van der Waals surface area contributed by atoms with E-state index in [0.717, 1.165) is 17.1 Å². The molecule has 2 heterocycles. The zero-order valence-corrected chi connectivity index (χ0v) is 31.9. The zero-order valence-electron chi connectivity index (χ0n) is 31.1. The summed E-state index contributed by atoms with van der Waals surface area (Å²) in [5.41, 5.74) is 14.2. The van der Waals surface area contributed by atoms with Gasteiger partial charge in [0.15, 0.2) is 0 Å². The van der Waals surface area contributed by atoms with Gasteiger partial charge in [-0.25, -0.2) is 0 Å². The Balaban J connectivity index is 0.982. The van der Waals surface area contributed by atoms with Crippen molar-refractivity contribution in [3.8, 4) is 39.1 Å². The second-order valence-electron chi connectivity index (χ2n) is 14.5. The van der Waals surface area contributed by atoms with Crippen LogP contribution >= 0.6 is 11.3 Å². The highest BCUT2D eigenvalue weighted by Crippen LogP contribution is 2.42. The molecule has 57 heavy (non-hydrogen) atoms. The average Bonchev–Trinajstić information content (AvgIpc) is 3.84. The summed E-state index contributed by atoms with van der Waals surface area (Å²) in [4.78, 5) is 2.36. The summed E-state index contributed by atoms with van der Waals surface area (Å²) >= 11 is 1.88. The predicted molar refractivity (Wildman–Crippen MR) is 245 cm³/mol. The van der Waals surface area contributed by atoms with Gasteiger partial charge in [-0.3, -0.25) is 0 Å². The number of hydrogen-bond donors (Lipinski definition) is 0. The zero-order chi connectivity index (χ0) is 37.7. The maximum Gasteiger partial charge on any atom is 0.0541 e. The van der Waals surface area contributed by atoms with E-state index in [1.54, 1.807) is 0 Å². The molecule has 0 aliphatic heterocycles. The molecule has 0 bridgehead atoms. The fourth-order valence-electron chi connectivity index (χ4n) is 8.46. The van der Waals surface area contributed by atoms with E-state index in [9.17, 15) is 0 Å². The Morgan fingerprint density at radius 1 is 0.333 bits per heavy atom. The highest BCUT2D eigenvalue weighted by atomic mass is 32.1. The number of benzene rings is 9. The molecule has 0 N–H and O–H groups in total. The van der Waals surface area contributed by atoms with E-state index in [0.29, 0.717) is 0 Å². The van der Waals surface area contributed by atoms with Crippen LogP contribution in [-0.2, 0) is 0 Å². The molecule has 0 atom stereocenters. The summed E-state index contributed by atoms with van der Waals surface area (Å²) in [6.07, 6.45) is 0. The van der Waals surface area contributed by atoms with Gasteiger partial charge < -0.3 is 9.47 Å². The van der Waals surface area contributed by atoms with Gasteiger partial charge in [-0.2, -0.15) is 0 Å². The molecule has 0 unspecified atom stereocenters. The molecule has 11 aromatic rings. The van der Waals surface area contributed by atoms with Crippen molar-refractivity contribution in [3.63, 3.8) is 0 Å². The maximum atomic E-state index is 2.37. The molecule has 0 saturated heterocycles. The monoisotopic (exact) mass is 744 g/mol. The first-order chi connectivity index (χ1) is 28.3. The van der Waals surface area contributed by atoms with Crippen LogP contribution in [0.1, 0.15) is 0 Å². The Morgan fingerprint density at radius 2 is 0.842 bits per heavy atom. The van der Waals surface area contributed by atoms with E-state index in [2.05, 4.69) is 228 Å². The second kappa shape index (κ2) is 13.8. The van der Waals surface area contributed by atoms with E-state index < -0.39 is 0 Å². The first-order valence-corrected chi connectivity index (χ1v) is 20.2. The van der Waals surface area contributed by atoms with Crippen LogP contribution in [0.15, 0.2) is 218 Å². The van der Waals surface area contributed by atoms with Gasteiger partial charge in [-0.1, -0.05) is 146 Å². The number of hydrogen-bond acceptors (Lipinski definition) is 2. The molecule has 0 radical (unpaired) electrons. The minimum absolute atomic E-state index is 1.10. The molecule has 0 amide bonds. The third-order valence-corrected chi connectivity index (χ3v) is 12.4. The first-order valence-electron chi connectivity index (χ1n) is 19.4. The Labute approximate surface area is 335 Å². The van der Waals surface area contributed by atoms with Crippen molar-refractivity contribution in [1.82, 2.24) is 4.57 Å². The minimum Gasteiger partial charge on any atom is -0.311 e. The maximum absolute atomic E-state index is 2.37.